The quantitative estimate of drug-likeness (QED) is 0.529. The van der Waals surface area contributed by atoms with Gasteiger partial charge < -0.3 is 10.2 Å². The van der Waals surface area contributed by atoms with Crippen LogP contribution in [0.25, 0.3) is 0 Å². The molecule has 2 aromatic carbocycles. The molecule has 4 nitrogen and oxygen atoms in total. The van der Waals surface area contributed by atoms with E-state index in [9.17, 15) is 9.59 Å². The molecule has 2 aromatic rings. The van der Waals surface area contributed by atoms with Crippen LogP contribution >= 0.6 is 23.4 Å². The van der Waals surface area contributed by atoms with Gasteiger partial charge in [-0.3, -0.25) is 9.59 Å². The first kappa shape index (κ1) is 25.3. The normalized spacial score (nSPS) is 12.3. The van der Waals surface area contributed by atoms with E-state index < -0.39 is 6.04 Å². The van der Waals surface area contributed by atoms with Crippen LogP contribution in [0, 0.1) is 6.92 Å². The SMILES string of the molecule is CC[C@@H](C(=O)NC(C)(C)C)N(Cc1cccc(C)c1)C(=O)CSCc1ccccc1Cl. The Morgan fingerprint density at radius 3 is 2.45 bits per heavy atom. The van der Waals surface area contributed by atoms with E-state index >= 15 is 0 Å². The summed E-state index contributed by atoms with van der Waals surface area (Å²) in [6, 6.07) is 15.2. The molecule has 1 N–H and O–H groups in total. The van der Waals surface area contributed by atoms with E-state index in [2.05, 4.69) is 11.4 Å². The number of rotatable bonds is 9. The number of thioether (sulfide) groups is 1. The number of hydrogen-bond donors (Lipinski definition) is 1. The number of benzene rings is 2. The highest BCUT2D eigenvalue weighted by molar-refractivity contribution is 7.99. The van der Waals surface area contributed by atoms with Gasteiger partial charge in [0.05, 0.1) is 5.75 Å². The minimum absolute atomic E-state index is 0.0468. The zero-order chi connectivity index (χ0) is 23.0. The summed E-state index contributed by atoms with van der Waals surface area (Å²) in [6.45, 7) is 10.2. The molecule has 0 aliphatic carbocycles. The van der Waals surface area contributed by atoms with Crippen molar-refractivity contribution in [2.45, 2.75) is 64.9 Å². The van der Waals surface area contributed by atoms with Crippen molar-refractivity contribution in [1.82, 2.24) is 10.2 Å². The number of hydrogen-bond acceptors (Lipinski definition) is 3. The molecule has 168 valence electrons. The Balaban J connectivity index is 2.17. The highest BCUT2D eigenvalue weighted by Gasteiger charge is 2.30. The molecule has 0 unspecified atom stereocenters. The second-order valence-electron chi connectivity index (χ2n) is 8.76. The molecule has 1 atom stereocenters. The minimum atomic E-state index is -0.520. The van der Waals surface area contributed by atoms with Crippen LogP contribution in [0.1, 0.15) is 50.8 Å². The van der Waals surface area contributed by atoms with Gasteiger partial charge in [-0.25, -0.2) is 0 Å². The van der Waals surface area contributed by atoms with Gasteiger partial charge in [-0.15, -0.1) is 11.8 Å². The Bertz CT molecular complexity index is 895. The van der Waals surface area contributed by atoms with Crippen LogP contribution in [0.2, 0.25) is 5.02 Å². The van der Waals surface area contributed by atoms with Gasteiger partial charge in [0, 0.05) is 22.9 Å². The maximum absolute atomic E-state index is 13.3. The van der Waals surface area contributed by atoms with Gasteiger partial charge in [-0.1, -0.05) is 66.6 Å². The minimum Gasteiger partial charge on any atom is -0.350 e. The highest BCUT2D eigenvalue weighted by atomic mass is 35.5. The molecule has 0 aliphatic rings. The Morgan fingerprint density at radius 2 is 1.84 bits per heavy atom. The first-order valence-electron chi connectivity index (χ1n) is 10.6. The number of carbonyl (C=O) groups is 2. The van der Waals surface area contributed by atoms with Crippen LogP contribution in [-0.4, -0.2) is 34.0 Å². The zero-order valence-electron chi connectivity index (χ0n) is 19.1. The van der Waals surface area contributed by atoms with Crippen molar-refractivity contribution >= 4 is 35.2 Å². The summed E-state index contributed by atoms with van der Waals surface area (Å²) in [5.41, 5.74) is 2.79. The van der Waals surface area contributed by atoms with E-state index in [-0.39, 0.29) is 23.1 Å². The first-order chi connectivity index (χ1) is 14.6. The smallest absolute Gasteiger partial charge is 0.243 e. The molecule has 31 heavy (non-hydrogen) atoms. The predicted molar refractivity (Wildman–Crippen MR) is 131 cm³/mol. The maximum Gasteiger partial charge on any atom is 0.243 e. The lowest BCUT2D eigenvalue weighted by molar-refractivity contribution is -0.140. The third kappa shape index (κ3) is 8.23. The van der Waals surface area contributed by atoms with E-state index in [1.165, 1.54) is 11.8 Å². The van der Waals surface area contributed by atoms with E-state index in [4.69, 9.17) is 11.6 Å². The molecule has 0 spiro atoms. The van der Waals surface area contributed by atoms with Crippen molar-refractivity contribution in [3.63, 3.8) is 0 Å². The summed E-state index contributed by atoms with van der Waals surface area (Å²) < 4.78 is 0. The number of nitrogens with one attached hydrogen (secondary N) is 1. The van der Waals surface area contributed by atoms with Gasteiger partial charge in [0.15, 0.2) is 0 Å². The second kappa shape index (κ2) is 11.6. The van der Waals surface area contributed by atoms with Crippen LogP contribution in [0.15, 0.2) is 48.5 Å². The number of carbonyl (C=O) groups excluding carboxylic acids is 2. The Labute approximate surface area is 195 Å². The monoisotopic (exact) mass is 460 g/mol. The van der Waals surface area contributed by atoms with Crippen molar-refractivity contribution in [1.29, 1.82) is 0 Å². The molecular formula is C25H33ClN2O2S. The molecule has 2 rings (SSSR count). The summed E-state index contributed by atoms with van der Waals surface area (Å²) in [4.78, 5) is 28.0. The van der Waals surface area contributed by atoms with Gasteiger partial charge in [0.2, 0.25) is 11.8 Å². The van der Waals surface area contributed by atoms with E-state index in [0.717, 1.165) is 16.7 Å². The van der Waals surface area contributed by atoms with Crippen molar-refractivity contribution in [2.24, 2.45) is 0 Å². The maximum atomic E-state index is 13.3. The average molecular weight is 461 g/mol. The van der Waals surface area contributed by atoms with Gasteiger partial charge in [-0.05, 0) is 51.3 Å². The molecule has 0 radical (unpaired) electrons. The van der Waals surface area contributed by atoms with Gasteiger partial charge in [-0.2, -0.15) is 0 Å². The average Bonchev–Trinajstić information content (AvgIpc) is 2.68. The van der Waals surface area contributed by atoms with Crippen molar-refractivity contribution in [2.75, 3.05) is 5.75 Å². The number of halogens is 1. The predicted octanol–water partition coefficient (Wildman–Crippen LogP) is 5.60. The van der Waals surface area contributed by atoms with Gasteiger partial charge in [0.25, 0.3) is 0 Å². The zero-order valence-corrected chi connectivity index (χ0v) is 20.6. The standard InChI is InChI=1S/C25H33ClN2O2S/c1-6-22(24(30)27-25(3,4)5)28(15-19-11-9-10-18(2)14-19)23(29)17-31-16-20-12-7-8-13-21(20)26/h7-14,22H,6,15-17H2,1-5H3,(H,27,30)/t22-/m0/s1. The molecule has 0 bridgehead atoms. The summed E-state index contributed by atoms with van der Waals surface area (Å²) >= 11 is 7.75. The molecular weight excluding hydrogens is 428 g/mol. The fourth-order valence-electron chi connectivity index (χ4n) is 3.33. The van der Waals surface area contributed by atoms with Crippen LogP contribution in [0.5, 0.6) is 0 Å². The number of aryl methyl sites for hydroxylation is 1. The number of nitrogens with zero attached hydrogens (tertiary/aromatic N) is 1. The largest absolute Gasteiger partial charge is 0.350 e. The Kier molecular flexibility index (Phi) is 9.45. The third-order valence-corrected chi connectivity index (χ3v) is 6.10. The molecule has 0 saturated carbocycles. The van der Waals surface area contributed by atoms with Crippen LogP contribution < -0.4 is 5.32 Å². The lowest BCUT2D eigenvalue weighted by Crippen LogP contribution is -2.53. The highest BCUT2D eigenvalue weighted by Crippen LogP contribution is 2.22. The van der Waals surface area contributed by atoms with Crippen LogP contribution in [0.4, 0.5) is 0 Å². The summed E-state index contributed by atoms with van der Waals surface area (Å²) in [5, 5.41) is 3.74. The van der Waals surface area contributed by atoms with E-state index in [1.54, 1.807) is 4.90 Å². The molecule has 0 heterocycles. The molecule has 0 saturated heterocycles. The summed E-state index contributed by atoms with van der Waals surface area (Å²) in [5.74, 6) is 0.770. The van der Waals surface area contributed by atoms with Gasteiger partial charge >= 0.3 is 0 Å². The number of amides is 2. The van der Waals surface area contributed by atoms with Gasteiger partial charge in [0.1, 0.15) is 6.04 Å². The Morgan fingerprint density at radius 1 is 1.13 bits per heavy atom. The topological polar surface area (TPSA) is 49.4 Å². The van der Waals surface area contributed by atoms with E-state index in [1.807, 2.05) is 77.1 Å². The molecule has 0 fully saturated rings. The van der Waals surface area contributed by atoms with E-state index in [0.29, 0.717) is 23.7 Å². The lowest BCUT2D eigenvalue weighted by atomic mass is 10.1. The van der Waals surface area contributed by atoms with Crippen LogP contribution in [0.3, 0.4) is 0 Å². The third-order valence-electron chi connectivity index (χ3n) is 4.76. The van der Waals surface area contributed by atoms with Crippen LogP contribution in [-0.2, 0) is 21.9 Å². The molecule has 6 heteroatoms. The fourth-order valence-corrected chi connectivity index (χ4v) is 4.52. The molecule has 2 amide bonds. The summed E-state index contributed by atoms with van der Waals surface area (Å²) in [7, 11) is 0. The lowest BCUT2D eigenvalue weighted by Gasteiger charge is -2.33. The fraction of sp³-hybridized carbons (Fsp3) is 0.440. The van der Waals surface area contributed by atoms with Crippen molar-refractivity contribution in [3.8, 4) is 0 Å². The molecule has 0 aliphatic heterocycles. The molecule has 0 aromatic heterocycles. The second-order valence-corrected chi connectivity index (χ2v) is 10.2. The Hall–Kier alpha value is -1.98. The van der Waals surface area contributed by atoms with Crippen molar-refractivity contribution in [3.05, 3.63) is 70.2 Å². The first-order valence-corrected chi connectivity index (χ1v) is 12.1. The summed E-state index contributed by atoms with van der Waals surface area (Å²) in [6.07, 6.45) is 0.550. The van der Waals surface area contributed by atoms with Crippen molar-refractivity contribution < 1.29 is 9.59 Å².